The minimum Gasteiger partial charge on any atom is -0.458 e. The first-order chi connectivity index (χ1) is 4.20. The van der Waals surface area contributed by atoms with Crippen molar-refractivity contribution in [2.24, 2.45) is 0 Å². The zero-order valence-corrected chi connectivity index (χ0v) is 6.85. The van der Waals surface area contributed by atoms with Crippen molar-refractivity contribution in [1.82, 2.24) is 0 Å². The van der Waals surface area contributed by atoms with Crippen LogP contribution in [0.4, 0.5) is 0 Å². The van der Waals surface area contributed by atoms with Crippen molar-refractivity contribution in [2.75, 3.05) is 5.33 Å². The van der Waals surface area contributed by atoms with E-state index in [4.69, 9.17) is 4.74 Å². The van der Waals surface area contributed by atoms with Crippen molar-refractivity contribution < 1.29 is 9.53 Å². The van der Waals surface area contributed by atoms with Crippen LogP contribution in [-0.4, -0.2) is 17.4 Å². The number of carbonyl (C=O) groups is 1. The van der Waals surface area contributed by atoms with E-state index in [2.05, 4.69) is 22.5 Å². The molecule has 1 atom stereocenters. The molecule has 0 saturated heterocycles. The number of hydrogen-bond acceptors (Lipinski definition) is 2. The number of hydrogen-bond donors (Lipinski definition) is 0. The van der Waals surface area contributed by atoms with Gasteiger partial charge in [-0.15, -0.1) is 0 Å². The highest BCUT2D eigenvalue weighted by Gasteiger charge is 2.01. The first-order valence-electron chi connectivity index (χ1n) is 2.58. The Morgan fingerprint density at radius 2 is 2.56 bits per heavy atom. The van der Waals surface area contributed by atoms with Crippen molar-refractivity contribution in [2.45, 2.75) is 13.0 Å². The van der Waals surface area contributed by atoms with E-state index in [-0.39, 0.29) is 17.4 Å². The lowest BCUT2D eigenvalue weighted by Crippen LogP contribution is -2.12. The van der Waals surface area contributed by atoms with E-state index in [1.165, 1.54) is 0 Å². The summed E-state index contributed by atoms with van der Waals surface area (Å²) in [6.07, 6.45) is 1.38. The number of halogens is 1. The first kappa shape index (κ1) is 8.69. The van der Waals surface area contributed by atoms with Gasteiger partial charge in [-0.25, -0.2) is 0 Å². The second-order valence-corrected chi connectivity index (χ2v) is 2.13. The van der Waals surface area contributed by atoms with Crippen LogP contribution in [0.2, 0.25) is 0 Å². The number of alkyl halides is 1. The summed E-state index contributed by atoms with van der Waals surface area (Å²) in [7, 11) is 0. The van der Waals surface area contributed by atoms with Crippen molar-refractivity contribution in [3.63, 3.8) is 0 Å². The smallest absolute Gasteiger partial charge is 0.317 e. The molecule has 2 nitrogen and oxygen atoms in total. The van der Waals surface area contributed by atoms with E-state index in [1.807, 2.05) is 0 Å². The minimum atomic E-state index is -0.262. The summed E-state index contributed by atoms with van der Waals surface area (Å²) < 4.78 is 4.74. The maximum atomic E-state index is 10.5. The Morgan fingerprint density at radius 1 is 2.00 bits per heavy atom. The molecule has 0 aliphatic heterocycles. The Morgan fingerprint density at radius 3 is 2.89 bits per heavy atom. The molecule has 9 heavy (non-hydrogen) atoms. The molecule has 0 heterocycles. The third-order valence-corrected chi connectivity index (χ3v) is 1.22. The zero-order chi connectivity index (χ0) is 7.28. The van der Waals surface area contributed by atoms with Crippen LogP contribution >= 0.6 is 15.9 Å². The summed E-state index contributed by atoms with van der Waals surface area (Å²) in [6.45, 7) is 5.21. The molecule has 0 aliphatic carbocycles. The number of esters is 1. The van der Waals surface area contributed by atoms with E-state index in [0.29, 0.717) is 0 Å². The molecule has 1 unspecified atom stereocenters. The molecular weight excluding hydrogens is 184 g/mol. The van der Waals surface area contributed by atoms with Gasteiger partial charge in [-0.3, -0.25) is 4.79 Å². The Kier molecular flexibility index (Phi) is 4.40. The minimum absolute atomic E-state index is 0.185. The largest absolute Gasteiger partial charge is 0.458 e. The SMILES string of the molecule is C=CC(C)OC(=O)CBr. The van der Waals surface area contributed by atoms with Crippen LogP contribution in [0.5, 0.6) is 0 Å². The van der Waals surface area contributed by atoms with Crippen LogP contribution in [0.3, 0.4) is 0 Å². The predicted octanol–water partition coefficient (Wildman–Crippen LogP) is 1.50. The maximum absolute atomic E-state index is 10.5. The molecule has 0 radical (unpaired) electrons. The van der Waals surface area contributed by atoms with Crippen LogP contribution in [0.15, 0.2) is 12.7 Å². The highest BCUT2D eigenvalue weighted by atomic mass is 79.9. The molecule has 0 amide bonds. The van der Waals surface area contributed by atoms with E-state index < -0.39 is 0 Å². The highest BCUT2D eigenvalue weighted by molar-refractivity contribution is 9.09. The Hall–Kier alpha value is -0.310. The monoisotopic (exact) mass is 192 g/mol. The van der Waals surface area contributed by atoms with Gasteiger partial charge in [0.05, 0.1) is 0 Å². The number of rotatable bonds is 3. The van der Waals surface area contributed by atoms with Crippen LogP contribution in [0.1, 0.15) is 6.92 Å². The van der Waals surface area contributed by atoms with Crippen LogP contribution in [-0.2, 0) is 9.53 Å². The topological polar surface area (TPSA) is 26.3 Å². The quantitative estimate of drug-likeness (QED) is 0.385. The molecule has 0 bridgehead atoms. The predicted molar refractivity (Wildman–Crippen MR) is 39.5 cm³/mol. The fourth-order valence-electron chi connectivity index (χ4n) is 0.287. The molecule has 0 N–H and O–H groups in total. The first-order valence-corrected chi connectivity index (χ1v) is 3.71. The molecule has 0 aromatic heterocycles. The second-order valence-electron chi connectivity index (χ2n) is 1.56. The summed E-state index contributed by atoms with van der Waals surface area (Å²) in [5, 5.41) is 0.241. The Bertz CT molecular complexity index is 112. The fraction of sp³-hybridized carbons (Fsp3) is 0.500. The standard InChI is InChI=1S/C6H9BrO2/c1-3-5(2)9-6(8)4-7/h3,5H,1,4H2,2H3. The molecule has 0 aliphatic rings. The maximum Gasteiger partial charge on any atom is 0.317 e. The molecule has 0 fully saturated rings. The van der Waals surface area contributed by atoms with Gasteiger partial charge in [-0.1, -0.05) is 28.6 Å². The van der Waals surface area contributed by atoms with E-state index in [9.17, 15) is 4.79 Å². The number of carbonyl (C=O) groups excluding carboxylic acids is 1. The van der Waals surface area contributed by atoms with E-state index >= 15 is 0 Å². The third kappa shape index (κ3) is 4.21. The van der Waals surface area contributed by atoms with Gasteiger partial charge < -0.3 is 4.74 Å². The summed E-state index contributed by atoms with van der Waals surface area (Å²) in [5.74, 6) is -0.262. The summed E-state index contributed by atoms with van der Waals surface area (Å²) >= 11 is 2.96. The van der Waals surface area contributed by atoms with Gasteiger partial charge in [0.2, 0.25) is 0 Å². The molecule has 3 heteroatoms. The van der Waals surface area contributed by atoms with Crippen LogP contribution in [0, 0.1) is 0 Å². The van der Waals surface area contributed by atoms with Gasteiger partial charge >= 0.3 is 5.97 Å². The summed E-state index contributed by atoms with van der Waals surface area (Å²) in [4.78, 5) is 10.5. The van der Waals surface area contributed by atoms with Gasteiger partial charge in [-0.2, -0.15) is 0 Å². The molecule has 0 spiro atoms. The normalized spacial score (nSPS) is 12.2. The lowest BCUT2D eigenvalue weighted by Gasteiger charge is -2.05. The molecule has 0 aromatic carbocycles. The molecule has 0 saturated carbocycles. The average molecular weight is 193 g/mol. The Balaban J connectivity index is 3.46. The van der Waals surface area contributed by atoms with E-state index in [1.54, 1.807) is 13.0 Å². The fourth-order valence-corrected chi connectivity index (χ4v) is 0.419. The number of ether oxygens (including phenoxy) is 1. The van der Waals surface area contributed by atoms with Gasteiger partial charge in [-0.05, 0) is 6.92 Å². The summed E-state index contributed by atoms with van der Waals surface area (Å²) in [6, 6.07) is 0. The van der Waals surface area contributed by atoms with Crippen molar-refractivity contribution in [3.8, 4) is 0 Å². The molecule has 52 valence electrons. The summed E-state index contributed by atoms with van der Waals surface area (Å²) in [5.41, 5.74) is 0. The van der Waals surface area contributed by atoms with Gasteiger partial charge in [0.15, 0.2) is 0 Å². The second kappa shape index (κ2) is 4.56. The highest BCUT2D eigenvalue weighted by Crippen LogP contribution is 1.93. The Labute approximate surface area is 63.0 Å². The molecular formula is C6H9BrO2. The van der Waals surface area contributed by atoms with Crippen molar-refractivity contribution in [3.05, 3.63) is 12.7 Å². The zero-order valence-electron chi connectivity index (χ0n) is 5.26. The van der Waals surface area contributed by atoms with E-state index in [0.717, 1.165) is 0 Å². The van der Waals surface area contributed by atoms with Crippen LogP contribution in [0.25, 0.3) is 0 Å². The molecule has 0 rings (SSSR count). The lowest BCUT2D eigenvalue weighted by molar-refractivity contribution is -0.142. The van der Waals surface area contributed by atoms with Crippen LogP contribution < -0.4 is 0 Å². The van der Waals surface area contributed by atoms with Gasteiger partial charge in [0, 0.05) is 0 Å². The molecule has 0 aromatic rings. The third-order valence-electron chi connectivity index (χ3n) is 0.758. The van der Waals surface area contributed by atoms with Crippen molar-refractivity contribution >= 4 is 21.9 Å². The average Bonchev–Trinajstić information content (AvgIpc) is 1.87. The van der Waals surface area contributed by atoms with Crippen molar-refractivity contribution in [1.29, 1.82) is 0 Å². The van der Waals surface area contributed by atoms with Gasteiger partial charge in [0.25, 0.3) is 0 Å². The van der Waals surface area contributed by atoms with Gasteiger partial charge in [0.1, 0.15) is 11.4 Å². The lowest BCUT2D eigenvalue weighted by atomic mass is 10.4.